The molecule has 1 rings (SSSR count). The number of nitrogens with zero attached hydrogens (tertiary/aromatic N) is 2. The molecule has 0 fully saturated rings. The van der Waals surface area contributed by atoms with Crippen molar-refractivity contribution >= 4 is 5.91 Å². The molecule has 0 aliphatic carbocycles. The Morgan fingerprint density at radius 3 is 2.00 bits per heavy atom. The van der Waals surface area contributed by atoms with Crippen LogP contribution in [0.25, 0.3) is 0 Å². The third-order valence-electron chi connectivity index (χ3n) is 3.12. The van der Waals surface area contributed by atoms with Gasteiger partial charge in [0.05, 0.1) is 26.4 Å². The van der Waals surface area contributed by atoms with E-state index in [-0.39, 0.29) is 45.4 Å². The van der Waals surface area contributed by atoms with Crippen molar-refractivity contribution in [2.75, 3.05) is 46.0 Å². The van der Waals surface area contributed by atoms with E-state index in [4.69, 9.17) is 15.3 Å². The van der Waals surface area contributed by atoms with Crippen LogP contribution < -0.4 is 0 Å². The summed E-state index contributed by atoms with van der Waals surface area (Å²) in [5, 5.41) is 27.0. The van der Waals surface area contributed by atoms with Gasteiger partial charge in [0.25, 0.3) is 0 Å². The molecule has 1 aromatic carbocycles. The van der Waals surface area contributed by atoms with Gasteiger partial charge in [0.1, 0.15) is 0 Å². The molecule has 0 aromatic heterocycles. The zero-order chi connectivity index (χ0) is 15.5. The van der Waals surface area contributed by atoms with Gasteiger partial charge in [-0.25, -0.2) is 0 Å². The van der Waals surface area contributed by atoms with Crippen LogP contribution in [0.15, 0.2) is 30.3 Å². The summed E-state index contributed by atoms with van der Waals surface area (Å²) in [6.45, 7) is 1.23. The number of aliphatic hydroxyl groups excluding tert-OH is 3. The number of hydrogen-bond acceptors (Lipinski definition) is 5. The molecular formula is C15H24N2O4. The largest absolute Gasteiger partial charge is 0.395 e. The Kier molecular flexibility index (Phi) is 8.61. The highest BCUT2D eigenvalue weighted by Crippen LogP contribution is 2.05. The molecule has 0 saturated carbocycles. The number of aliphatic hydroxyl groups is 3. The number of carbonyl (C=O) groups is 1. The molecule has 0 unspecified atom stereocenters. The van der Waals surface area contributed by atoms with E-state index in [9.17, 15) is 4.79 Å². The summed E-state index contributed by atoms with van der Waals surface area (Å²) in [4.78, 5) is 15.5. The molecule has 0 spiro atoms. The fourth-order valence-corrected chi connectivity index (χ4v) is 2.09. The number of benzene rings is 1. The standard InChI is InChI=1S/C15H24N2O4/c18-9-6-16(12-14-4-2-1-3-5-14)13-15(21)17(7-10-19)8-11-20/h1-5,18-20H,6-13H2. The van der Waals surface area contributed by atoms with Crippen molar-refractivity contribution in [3.63, 3.8) is 0 Å². The second kappa shape index (κ2) is 10.3. The quantitative estimate of drug-likeness (QED) is 0.531. The van der Waals surface area contributed by atoms with Gasteiger partial charge >= 0.3 is 0 Å². The minimum Gasteiger partial charge on any atom is -0.395 e. The van der Waals surface area contributed by atoms with Crippen molar-refractivity contribution in [3.05, 3.63) is 35.9 Å². The van der Waals surface area contributed by atoms with Gasteiger partial charge in [0.2, 0.25) is 5.91 Å². The molecule has 0 heterocycles. The van der Waals surface area contributed by atoms with Crippen molar-refractivity contribution in [2.45, 2.75) is 6.54 Å². The van der Waals surface area contributed by atoms with Crippen LogP contribution in [0.2, 0.25) is 0 Å². The summed E-state index contributed by atoms with van der Waals surface area (Å²) < 4.78 is 0. The van der Waals surface area contributed by atoms with E-state index < -0.39 is 0 Å². The van der Waals surface area contributed by atoms with Crippen molar-refractivity contribution < 1.29 is 20.1 Å². The van der Waals surface area contributed by atoms with Crippen LogP contribution in [0.4, 0.5) is 0 Å². The van der Waals surface area contributed by atoms with E-state index in [1.165, 1.54) is 4.90 Å². The van der Waals surface area contributed by atoms with Crippen molar-refractivity contribution in [3.8, 4) is 0 Å². The van der Waals surface area contributed by atoms with Crippen LogP contribution in [-0.4, -0.2) is 77.0 Å². The predicted octanol–water partition coefficient (Wildman–Crippen LogP) is -0.706. The summed E-state index contributed by atoms with van der Waals surface area (Å²) in [7, 11) is 0. The van der Waals surface area contributed by atoms with E-state index in [2.05, 4.69) is 0 Å². The fraction of sp³-hybridized carbons (Fsp3) is 0.533. The summed E-state index contributed by atoms with van der Waals surface area (Å²) in [5.41, 5.74) is 1.06. The minimum absolute atomic E-state index is 0.0277. The van der Waals surface area contributed by atoms with Crippen LogP contribution in [0.3, 0.4) is 0 Å². The Labute approximate surface area is 125 Å². The van der Waals surface area contributed by atoms with Gasteiger partial charge in [0.15, 0.2) is 0 Å². The Morgan fingerprint density at radius 1 is 0.905 bits per heavy atom. The van der Waals surface area contributed by atoms with E-state index in [1.54, 1.807) is 0 Å². The highest BCUT2D eigenvalue weighted by Gasteiger charge is 2.16. The lowest BCUT2D eigenvalue weighted by Gasteiger charge is -2.26. The Bertz CT molecular complexity index is 394. The second-order valence-electron chi connectivity index (χ2n) is 4.75. The lowest BCUT2D eigenvalue weighted by atomic mass is 10.2. The molecule has 0 bridgehead atoms. The van der Waals surface area contributed by atoms with Gasteiger partial charge in [0, 0.05) is 26.2 Å². The highest BCUT2D eigenvalue weighted by molar-refractivity contribution is 5.78. The topological polar surface area (TPSA) is 84.2 Å². The Hall–Kier alpha value is -1.47. The van der Waals surface area contributed by atoms with Gasteiger partial charge in [-0.15, -0.1) is 0 Å². The Balaban J connectivity index is 2.61. The first-order chi connectivity index (χ1) is 10.2. The molecule has 1 aromatic rings. The SMILES string of the molecule is O=C(CN(CCO)Cc1ccccc1)N(CCO)CCO. The zero-order valence-electron chi connectivity index (χ0n) is 12.2. The minimum atomic E-state index is -0.164. The average molecular weight is 296 g/mol. The summed E-state index contributed by atoms with van der Waals surface area (Å²) >= 11 is 0. The molecule has 21 heavy (non-hydrogen) atoms. The van der Waals surface area contributed by atoms with Crippen LogP contribution in [-0.2, 0) is 11.3 Å². The van der Waals surface area contributed by atoms with Gasteiger partial charge in [-0.2, -0.15) is 0 Å². The molecule has 1 amide bonds. The number of carbonyl (C=O) groups excluding carboxylic acids is 1. The lowest BCUT2D eigenvalue weighted by molar-refractivity contribution is -0.133. The number of hydrogen-bond donors (Lipinski definition) is 3. The monoisotopic (exact) mass is 296 g/mol. The van der Waals surface area contributed by atoms with E-state index in [0.29, 0.717) is 13.1 Å². The fourth-order valence-electron chi connectivity index (χ4n) is 2.09. The van der Waals surface area contributed by atoms with Crippen LogP contribution in [0.1, 0.15) is 5.56 Å². The molecule has 0 atom stereocenters. The number of rotatable bonds is 10. The Morgan fingerprint density at radius 2 is 1.48 bits per heavy atom. The first kappa shape index (κ1) is 17.6. The average Bonchev–Trinajstić information content (AvgIpc) is 2.48. The first-order valence-electron chi connectivity index (χ1n) is 7.08. The van der Waals surface area contributed by atoms with Gasteiger partial charge in [-0.05, 0) is 5.56 Å². The van der Waals surface area contributed by atoms with E-state index in [0.717, 1.165) is 5.56 Å². The molecule has 0 aliphatic heterocycles. The maximum atomic E-state index is 12.2. The van der Waals surface area contributed by atoms with Crippen molar-refractivity contribution in [1.29, 1.82) is 0 Å². The van der Waals surface area contributed by atoms with Crippen LogP contribution in [0.5, 0.6) is 0 Å². The van der Waals surface area contributed by atoms with Crippen molar-refractivity contribution in [1.82, 2.24) is 9.80 Å². The molecule has 3 N–H and O–H groups in total. The van der Waals surface area contributed by atoms with Gasteiger partial charge < -0.3 is 20.2 Å². The zero-order valence-corrected chi connectivity index (χ0v) is 12.2. The maximum Gasteiger partial charge on any atom is 0.236 e. The third kappa shape index (κ3) is 6.68. The molecule has 6 heteroatoms. The third-order valence-corrected chi connectivity index (χ3v) is 3.12. The molecule has 118 valence electrons. The van der Waals surface area contributed by atoms with Gasteiger partial charge in [-0.1, -0.05) is 30.3 Å². The summed E-state index contributed by atoms with van der Waals surface area (Å²) in [6, 6.07) is 9.72. The highest BCUT2D eigenvalue weighted by atomic mass is 16.3. The predicted molar refractivity (Wildman–Crippen MR) is 79.6 cm³/mol. The van der Waals surface area contributed by atoms with Crippen LogP contribution >= 0.6 is 0 Å². The normalized spacial score (nSPS) is 10.9. The molecule has 0 aliphatic rings. The molecule has 0 radical (unpaired) electrons. The molecular weight excluding hydrogens is 272 g/mol. The molecule has 6 nitrogen and oxygen atoms in total. The summed E-state index contributed by atoms with van der Waals surface area (Å²) in [6.07, 6.45) is 0. The smallest absolute Gasteiger partial charge is 0.236 e. The van der Waals surface area contributed by atoms with Crippen molar-refractivity contribution in [2.24, 2.45) is 0 Å². The van der Waals surface area contributed by atoms with E-state index >= 15 is 0 Å². The molecule has 0 saturated heterocycles. The maximum absolute atomic E-state index is 12.2. The van der Waals surface area contributed by atoms with E-state index in [1.807, 2.05) is 35.2 Å². The second-order valence-corrected chi connectivity index (χ2v) is 4.75. The van der Waals surface area contributed by atoms with Crippen LogP contribution in [0, 0.1) is 0 Å². The van der Waals surface area contributed by atoms with Gasteiger partial charge in [-0.3, -0.25) is 9.69 Å². The number of amides is 1. The first-order valence-corrected chi connectivity index (χ1v) is 7.08. The lowest BCUT2D eigenvalue weighted by Crippen LogP contribution is -2.43. The summed E-state index contributed by atoms with van der Waals surface area (Å²) in [5.74, 6) is -0.164.